The molecule has 2 rings (SSSR count). The fraction of sp³-hybridized carbons (Fsp3) is 0.647. The van der Waals surface area contributed by atoms with Crippen molar-refractivity contribution in [2.24, 2.45) is 0 Å². The highest BCUT2D eigenvalue weighted by molar-refractivity contribution is 5.23. The van der Waals surface area contributed by atoms with Gasteiger partial charge in [0.1, 0.15) is 0 Å². The minimum absolute atomic E-state index is 0.0206. The van der Waals surface area contributed by atoms with Crippen LogP contribution in [0.15, 0.2) is 30.3 Å². The molecule has 0 amide bonds. The number of ether oxygens (including phenoxy) is 1. The molecule has 106 valence electrons. The Morgan fingerprint density at radius 2 is 1.95 bits per heavy atom. The lowest BCUT2D eigenvalue weighted by Gasteiger charge is -2.37. The van der Waals surface area contributed by atoms with Crippen molar-refractivity contribution >= 4 is 0 Å². The molecule has 0 aliphatic carbocycles. The van der Waals surface area contributed by atoms with Gasteiger partial charge in [-0.1, -0.05) is 44.2 Å². The highest BCUT2D eigenvalue weighted by Crippen LogP contribution is 2.26. The van der Waals surface area contributed by atoms with Gasteiger partial charge in [0, 0.05) is 24.6 Å². The zero-order valence-corrected chi connectivity index (χ0v) is 12.7. The first-order valence-corrected chi connectivity index (χ1v) is 7.32. The summed E-state index contributed by atoms with van der Waals surface area (Å²) in [4.78, 5) is 0. The van der Waals surface area contributed by atoms with E-state index in [9.17, 15) is 0 Å². The topological polar surface area (TPSA) is 21.3 Å². The Morgan fingerprint density at radius 1 is 1.26 bits per heavy atom. The van der Waals surface area contributed by atoms with Gasteiger partial charge >= 0.3 is 0 Å². The molecule has 0 saturated carbocycles. The summed E-state index contributed by atoms with van der Waals surface area (Å²) < 4.78 is 5.77. The Morgan fingerprint density at radius 3 is 2.58 bits per heavy atom. The molecule has 2 nitrogen and oxygen atoms in total. The number of rotatable bonds is 4. The number of benzene rings is 1. The first-order valence-electron chi connectivity index (χ1n) is 7.32. The third kappa shape index (κ3) is 4.05. The molecule has 1 unspecified atom stereocenters. The molecule has 0 aromatic heterocycles. The minimum atomic E-state index is 0.0206. The molecular weight excluding hydrogens is 234 g/mol. The van der Waals surface area contributed by atoms with Crippen molar-refractivity contribution in [3.63, 3.8) is 0 Å². The minimum Gasteiger partial charge on any atom is -0.375 e. The van der Waals surface area contributed by atoms with Gasteiger partial charge in [0.05, 0.1) is 5.60 Å². The third-order valence-corrected chi connectivity index (χ3v) is 4.09. The molecule has 1 aromatic carbocycles. The fourth-order valence-corrected chi connectivity index (χ4v) is 2.80. The van der Waals surface area contributed by atoms with E-state index < -0.39 is 0 Å². The maximum atomic E-state index is 5.77. The molecule has 0 bridgehead atoms. The molecule has 1 aliphatic rings. The lowest BCUT2D eigenvalue weighted by molar-refractivity contribution is -0.0632. The molecule has 1 aliphatic heterocycles. The molecule has 1 atom stereocenters. The Kier molecular flexibility index (Phi) is 4.32. The van der Waals surface area contributed by atoms with E-state index in [1.807, 2.05) is 0 Å². The second kappa shape index (κ2) is 5.64. The van der Waals surface area contributed by atoms with Gasteiger partial charge in [0.2, 0.25) is 0 Å². The maximum absolute atomic E-state index is 5.77. The highest BCUT2D eigenvalue weighted by atomic mass is 16.5. The first-order chi connectivity index (χ1) is 8.89. The molecular formula is C17H27NO. The third-order valence-electron chi connectivity index (χ3n) is 4.09. The first kappa shape index (κ1) is 14.5. The van der Waals surface area contributed by atoms with E-state index in [1.165, 1.54) is 5.56 Å². The average Bonchev–Trinajstić information content (AvgIpc) is 2.37. The highest BCUT2D eigenvalue weighted by Gasteiger charge is 2.30. The van der Waals surface area contributed by atoms with Crippen molar-refractivity contribution in [1.29, 1.82) is 0 Å². The maximum Gasteiger partial charge on any atom is 0.0641 e. The van der Waals surface area contributed by atoms with Gasteiger partial charge < -0.3 is 10.1 Å². The Balaban J connectivity index is 1.91. The summed E-state index contributed by atoms with van der Waals surface area (Å²) in [6, 6.07) is 11.3. The quantitative estimate of drug-likeness (QED) is 0.895. The average molecular weight is 261 g/mol. The molecule has 19 heavy (non-hydrogen) atoms. The van der Waals surface area contributed by atoms with Gasteiger partial charge in [0.25, 0.3) is 0 Å². The zero-order valence-electron chi connectivity index (χ0n) is 12.7. The number of hydrogen-bond donors (Lipinski definition) is 1. The smallest absolute Gasteiger partial charge is 0.0641 e. The molecule has 1 saturated heterocycles. The van der Waals surface area contributed by atoms with E-state index in [0.717, 1.165) is 26.0 Å². The molecule has 1 aromatic rings. The predicted molar refractivity (Wildman–Crippen MR) is 80.5 cm³/mol. The standard InChI is InChI=1S/C17H27NO/c1-16(2,14-8-6-5-7-9-14)13-18-15-10-11-19-17(3,4)12-15/h5-9,15,18H,10-13H2,1-4H3. The van der Waals surface area contributed by atoms with Crippen LogP contribution >= 0.6 is 0 Å². The van der Waals surface area contributed by atoms with Gasteiger partial charge in [-0.15, -0.1) is 0 Å². The lowest BCUT2D eigenvalue weighted by Crippen LogP contribution is -2.47. The normalized spacial score (nSPS) is 23.3. The fourth-order valence-electron chi connectivity index (χ4n) is 2.80. The summed E-state index contributed by atoms with van der Waals surface area (Å²) in [5, 5.41) is 3.74. The molecule has 1 fully saturated rings. The number of nitrogens with one attached hydrogen (secondary N) is 1. The van der Waals surface area contributed by atoms with Gasteiger partial charge in [0.15, 0.2) is 0 Å². The Hall–Kier alpha value is -0.860. The number of hydrogen-bond acceptors (Lipinski definition) is 2. The van der Waals surface area contributed by atoms with Crippen LogP contribution in [0.2, 0.25) is 0 Å². The molecule has 1 N–H and O–H groups in total. The van der Waals surface area contributed by atoms with E-state index in [0.29, 0.717) is 6.04 Å². The van der Waals surface area contributed by atoms with Crippen LogP contribution in [0.3, 0.4) is 0 Å². The monoisotopic (exact) mass is 261 g/mol. The van der Waals surface area contributed by atoms with Crippen LogP contribution in [0, 0.1) is 0 Å². The SMILES string of the molecule is CC1(C)CC(NCC(C)(C)c2ccccc2)CCO1. The Labute approximate surface area is 117 Å². The van der Waals surface area contributed by atoms with E-state index in [1.54, 1.807) is 0 Å². The summed E-state index contributed by atoms with van der Waals surface area (Å²) in [6.45, 7) is 10.9. The van der Waals surface area contributed by atoms with Crippen molar-refractivity contribution < 1.29 is 4.74 Å². The second-order valence-electron chi connectivity index (χ2n) is 6.93. The van der Waals surface area contributed by atoms with Crippen LogP contribution in [0.25, 0.3) is 0 Å². The second-order valence-corrected chi connectivity index (χ2v) is 6.93. The summed E-state index contributed by atoms with van der Waals surface area (Å²) >= 11 is 0. The zero-order chi connectivity index (χ0) is 13.9. The summed E-state index contributed by atoms with van der Waals surface area (Å²) in [7, 11) is 0. The molecule has 1 heterocycles. The van der Waals surface area contributed by atoms with Crippen LogP contribution in [-0.2, 0) is 10.2 Å². The van der Waals surface area contributed by atoms with Crippen molar-refractivity contribution in [3.05, 3.63) is 35.9 Å². The molecule has 0 spiro atoms. The van der Waals surface area contributed by atoms with Gasteiger partial charge in [-0.05, 0) is 32.3 Å². The van der Waals surface area contributed by atoms with E-state index in [4.69, 9.17) is 4.74 Å². The van der Waals surface area contributed by atoms with E-state index in [-0.39, 0.29) is 11.0 Å². The van der Waals surface area contributed by atoms with Crippen LogP contribution in [0.4, 0.5) is 0 Å². The largest absolute Gasteiger partial charge is 0.375 e. The van der Waals surface area contributed by atoms with E-state index in [2.05, 4.69) is 63.3 Å². The van der Waals surface area contributed by atoms with Crippen LogP contribution in [0.1, 0.15) is 46.1 Å². The summed E-state index contributed by atoms with van der Waals surface area (Å²) in [5.74, 6) is 0. The van der Waals surface area contributed by atoms with Crippen molar-refractivity contribution in [1.82, 2.24) is 5.32 Å². The van der Waals surface area contributed by atoms with E-state index >= 15 is 0 Å². The van der Waals surface area contributed by atoms with Crippen molar-refractivity contribution in [2.75, 3.05) is 13.2 Å². The summed E-state index contributed by atoms with van der Waals surface area (Å²) in [5.41, 5.74) is 1.59. The van der Waals surface area contributed by atoms with Crippen LogP contribution < -0.4 is 5.32 Å². The van der Waals surface area contributed by atoms with Gasteiger partial charge in [-0.25, -0.2) is 0 Å². The van der Waals surface area contributed by atoms with Crippen LogP contribution in [0.5, 0.6) is 0 Å². The van der Waals surface area contributed by atoms with Gasteiger partial charge in [-0.2, -0.15) is 0 Å². The van der Waals surface area contributed by atoms with Crippen LogP contribution in [-0.4, -0.2) is 24.8 Å². The van der Waals surface area contributed by atoms with Crippen molar-refractivity contribution in [2.45, 2.75) is 57.6 Å². The lowest BCUT2D eigenvalue weighted by atomic mass is 9.84. The van der Waals surface area contributed by atoms with Gasteiger partial charge in [-0.3, -0.25) is 0 Å². The summed E-state index contributed by atoms with van der Waals surface area (Å²) in [6.07, 6.45) is 2.21. The molecule has 2 heteroatoms. The van der Waals surface area contributed by atoms with Crippen molar-refractivity contribution in [3.8, 4) is 0 Å². The predicted octanol–water partition coefficient (Wildman–Crippen LogP) is 3.51. The Bertz CT molecular complexity index is 397. The molecule has 0 radical (unpaired) electrons.